The van der Waals surface area contributed by atoms with Crippen molar-refractivity contribution in [2.45, 2.75) is 47.5 Å². The number of carbonyl (C=O) groups excluding carboxylic acids is 1. The average Bonchev–Trinajstić information content (AvgIpc) is 2.11. The van der Waals surface area contributed by atoms with E-state index in [1.165, 1.54) is 0 Å². The second-order valence-electron chi connectivity index (χ2n) is 5.33. The maximum absolute atomic E-state index is 11.7. The molecule has 0 saturated heterocycles. The van der Waals surface area contributed by atoms with E-state index in [9.17, 15) is 4.79 Å². The number of carbonyl (C=O) groups is 1. The average molecular weight is 212 g/mol. The summed E-state index contributed by atoms with van der Waals surface area (Å²) < 4.78 is 5.23. The van der Waals surface area contributed by atoms with E-state index in [0.717, 1.165) is 18.4 Å². The molecule has 0 rings (SSSR count). The van der Waals surface area contributed by atoms with Gasteiger partial charge in [0.2, 0.25) is 0 Å². The largest absolute Gasteiger partial charge is 0.465 e. The third-order valence-electron chi connectivity index (χ3n) is 2.28. The number of esters is 1. The van der Waals surface area contributed by atoms with E-state index >= 15 is 0 Å². The minimum absolute atomic E-state index is 0.0996. The molecule has 0 unspecified atom stereocenters. The molecule has 0 N–H and O–H groups in total. The molecule has 0 aromatic rings. The van der Waals surface area contributed by atoms with Crippen LogP contribution in [0.5, 0.6) is 0 Å². The number of ether oxygens (including phenoxy) is 1. The van der Waals surface area contributed by atoms with Crippen LogP contribution >= 0.6 is 0 Å². The number of allylic oxidation sites excluding steroid dienone is 1. The molecule has 0 heterocycles. The van der Waals surface area contributed by atoms with E-state index in [-0.39, 0.29) is 5.97 Å². The van der Waals surface area contributed by atoms with Gasteiger partial charge in [0.15, 0.2) is 0 Å². The van der Waals surface area contributed by atoms with Crippen molar-refractivity contribution in [1.29, 1.82) is 0 Å². The first kappa shape index (κ1) is 14.2. The van der Waals surface area contributed by atoms with Gasteiger partial charge in [-0.1, -0.05) is 19.4 Å². The maximum Gasteiger partial charge on any atom is 0.311 e. The van der Waals surface area contributed by atoms with Crippen molar-refractivity contribution in [3.63, 3.8) is 0 Å². The van der Waals surface area contributed by atoms with Crippen LogP contribution < -0.4 is 0 Å². The standard InChI is InChI=1S/C13H24O2/c1-10(2)7-8-13(5,6)12(14)15-9-11(3)4/h11H,1,7-9H2,2-6H3. The summed E-state index contributed by atoms with van der Waals surface area (Å²) in [7, 11) is 0. The van der Waals surface area contributed by atoms with Gasteiger partial charge in [0, 0.05) is 0 Å². The zero-order valence-electron chi connectivity index (χ0n) is 10.7. The molecule has 2 heteroatoms. The van der Waals surface area contributed by atoms with Gasteiger partial charge in [-0.2, -0.15) is 0 Å². The molecule has 88 valence electrons. The van der Waals surface area contributed by atoms with Crippen LogP contribution in [0, 0.1) is 11.3 Å². The Labute approximate surface area is 93.7 Å². The second-order valence-corrected chi connectivity index (χ2v) is 5.33. The summed E-state index contributed by atoms with van der Waals surface area (Å²) in [6, 6.07) is 0. The molecule has 2 nitrogen and oxygen atoms in total. The van der Waals surface area contributed by atoms with Crippen molar-refractivity contribution in [3.8, 4) is 0 Å². The minimum Gasteiger partial charge on any atom is -0.465 e. The predicted octanol–water partition coefficient (Wildman–Crippen LogP) is 3.57. The summed E-state index contributed by atoms with van der Waals surface area (Å²) >= 11 is 0. The molecule has 15 heavy (non-hydrogen) atoms. The lowest BCUT2D eigenvalue weighted by molar-refractivity contribution is -0.155. The van der Waals surface area contributed by atoms with Gasteiger partial charge < -0.3 is 4.74 Å². The Morgan fingerprint density at radius 1 is 1.40 bits per heavy atom. The molecule has 0 aliphatic carbocycles. The molecule has 0 bridgehead atoms. The second kappa shape index (κ2) is 5.94. The third kappa shape index (κ3) is 6.32. The van der Waals surface area contributed by atoms with Crippen LogP contribution in [-0.4, -0.2) is 12.6 Å². The third-order valence-corrected chi connectivity index (χ3v) is 2.28. The van der Waals surface area contributed by atoms with Gasteiger partial charge in [-0.15, -0.1) is 6.58 Å². The Balaban J connectivity index is 4.07. The first-order valence-corrected chi connectivity index (χ1v) is 5.57. The molecule has 0 aliphatic heterocycles. The zero-order valence-corrected chi connectivity index (χ0v) is 10.7. The highest BCUT2D eigenvalue weighted by Gasteiger charge is 2.28. The quantitative estimate of drug-likeness (QED) is 0.497. The normalized spacial score (nSPS) is 11.6. The monoisotopic (exact) mass is 212 g/mol. The summed E-state index contributed by atoms with van der Waals surface area (Å²) in [6.07, 6.45) is 1.68. The van der Waals surface area contributed by atoms with E-state index in [4.69, 9.17) is 4.74 Å². The fourth-order valence-corrected chi connectivity index (χ4v) is 1.07. The Morgan fingerprint density at radius 3 is 2.33 bits per heavy atom. The fraction of sp³-hybridized carbons (Fsp3) is 0.769. The lowest BCUT2D eigenvalue weighted by Gasteiger charge is -2.23. The van der Waals surface area contributed by atoms with Crippen LogP contribution in [0.15, 0.2) is 12.2 Å². The van der Waals surface area contributed by atoms with Gasteiger partial charge in [0.05, 0.1) is 12.0 Å². The summed E-state index contributed by atoms with van der Waals surface area (Å²) in [5.74, 6) is 0.295. The molecule has 0 atom stereocenters. The topological polar surface area (TPSA) is 26.3 Å². The summed E-state index contributed by atoms with van der Waals surface area (Å²) in [5, 5.41) is 0. The van der Waals surface area contributed by atoms with Crippen molar-refractivity contribution < 1.29 is 9.53 Å². The lowest BCUT2D eigenvalue weighted by Crippen LogP contribution is -2.27. The van der Waals surface area contributed by atoms with Crippen molar-refractivity contribution in [1.82, 2.24) is 0 Å². The predicted molar refractivity (Wildman–Crippen MR) is 63.6 cm³/mol. The van der Waals surface area contributed by atoms with E-state index < -0.39 is 5.41 Å². The van der Waals surface area contributed by atoms with E-state index in [1.807, 2.05) is 34.6 Å². The summed E-state index contributed by atoms with van der Waals surface area (Å²) in [4.78, 5) is 11.7. The first-order chi connectivity index (χ1) is 6.75. The minimum atomic E-state index is -0.395. The maximum atomic E-state index is 11.7. The smallest absolute Gasteiger partial charge is 0.311 e. The van der Waals surface area contributed by atoms with Crippen molar-refractivity contribution >= 4 is 5.97 Å². The van der Waals surface area contributed by atoms with Crippen molar-refractivity contribution in [3.05, 3.63) is 12.2 Å². The molecule has 0 aliphatic rings. The lowest BCUT2D eigenvalue weighted by atomic mass is 9.86. The SMILES string of the molecule is C=C(C)CCC(C)(C)C(=O)OCC(C)C. The molecule has 0 spiro atoms. The van der Waals surface area contributed by atoms with Crippen molar-refractivity contribution in [2.75, 3.05) is 6.61 Å². The first-order valence-electron chi connectivity index (χ1n) is 5.57. The van der Waals surface area contributed by atoms with Gasteiger partial charge in [-0.3, -0.25) is 4.79 Å². The van der Waals surface area contributed by atoms with Crippen LogP contribution in [0.4, 0.5) is 0 Å². The van der Waals surface area contributed by atoms with Crippen LogP contribution in [-0.2, 0) is 9.53 Å². The summed E-state index contributed by atoms with van der Waals surface area (Å²) in [5.41, 5.74) is 0.716. The molecule has 0 saturated carbocycles. The van der Waals surface area contributed by atoms with Gasteiger partial charge in [-0.05, 0) is 39.5 Å². The molecule has 0 amide bonds. The Hall–Kier alpha value is -0.790. The highest BCUT2D eigenvalue weighted by atomic mass is 16.5. The van der Waals surface area contributed by atoms with Crippen LogP contribution in [0.3, 0.4) is 0 Å². The van der Waals surface area contributed by atoms with Gasteiger partial charge in [0.25, 0.3) is 0 Å². The number of hydrogen-bond acceptors (Lipinski definition) is 2. The Kier molecular flexibility index (Phi) is 5.63. The molecular weight excluding hydrogens is 188 g/mol. The van der Waals surface area contributed by atoms with Gasteiger partial charge in [-0.25, -0.2) is 0 Å². The summed E-state index contributed by atoms with van der Waals surface area (Å²) in [6.45, 7) is 14.3. The van der Waals surface area contributed by atoms with Crippen molar-refractivity contribution in [2.24, 2.45) is 11.3 Å². The van der Waals surface area contributed by atoms with Gasteiger partial charge >= 0.3 is 5.97 Å². The highest BCUT2D eigenvalue weighted by molar-refractivity contribution is 5.75. The molecule has 0 aromatic carbocycles. The Bertz CT molecular complexity index is 227. The van der Waals surface area contributed by atoms with E-state index in [1.54, 1.807) is 0 Å². The van der Waals surface area contributed by atoms with Crippen LogP contribution in [0.2, 0.25) is 0 Å². The Morgan fingerprint density at radius 2 is 1.93 bits per heavy atom. The van der Waals surface area contributed by atoms with E-state index in [0.29, 0.717) is 12.5 Å². The van der Waals surface area contributed by atoms with Crippen LogP contribution in [0.25, 0.3) is 0 Å². The number of rotatable bonds is 6. The van der Waals surface area contributed by atoms with Crippen LogP contribution in [0.1, 0.15) is 47.5 Å². The van der Waals surface area contributed by atoms with Gasteiger partial charge in [0.1, 0.15) is 0 Å². The van der Waals surface area contributed by atoms with E-state index in [2.05, 4.69) is 6.58 Å². The fourth-order valence-electron chi connectivity index (χ4n) is 1.07. The molecule has 0 fully saturated rings. The molecule has 0 aromatic heterocycles. The molecular formula is C13H24O2. The zero-order chi connectivity index (χ0) is 12.1. The highest BCUT2D eigenvalue weighted by Crippen LogP contribution is 2.26. The molecule has 0 radical (unpaired) electrons. The number of hydrogen-bond donors (Lipinski definition) is 0.